The monoisotopic (exact) mass is 397 g/mol. The van der Waals surface area contributed by atoms with Crippen LogP contribution in [0.4, 0.5) is 5.82 Å². The van der Waals surface area contributed by atoms with E-state index in [1.807, 2.05) is 0 Å². The molecule has 0 aromatic carbocycles. The Hall–Kier alpha value is -0.590. The first-order valence-electron chi connectivity index (χ1n) is 6.83. The van der Waals surface area contributed by atoms with Crippen molar-refractivity contribution in [2.24, 2.45) is 0 Å². The number of nitrogens with two attached hydrogens (primary N) is 1. The van der Waals surface area contributed by atoms with Crippen LogP contribution in [0.2, 0.25) is 0 Å². The number of phosphoric acid groups is 1. The van der Waals surface area contributed by atoms with Crippen LogP contribution in [0, 0.1) is 6.92 Å². The molecule has 0 amide bonds. The van der Waals surface area contributed by atoms with E-state index in [4.69, 9.17) is 19.7 Å². The van der Waals surface area contributed by atoms with Crippen molar-refractivity contribution < 1.29 is 27.4 Å². The van der Waals surface area contributed by atoms with Crippen molar-refractivity contribution in [2.45, 2.75) is 31.0 Å². The molecular weight excluding hydrogens is 381 g/mol. The van der Waals surface area contributed by atoms with E-state index < -0.39 is 37.5 Å². The number of aryl methyl sites for hydroxylation is 1. The van der Waals surface area contributed by atoms with Gasteiger partial charge in [-0.25, -0.2) is 13.3 Å². The molecule has 13 heteroatoms. The second-order valence-corrected chi connectivity index (χ2v) is 7.70. The maximum atomic E-state index is 12.1. The van der Waals surface area contributed by atoms with Crippen molar-refractivity contribution in [2.75, 3.05) is 18.1 Å². The molecule has 2 saturated heterocycles. The van der Waals surface area contributed by atoms with E-state index in [1.165, 1.54) is 10.8 Å². The first-order valence-corrected chi connectivity index (χ1v) is 9.32. The standard InChI is InChI=1S/C11H16N3O7PS2/c1-5-2-14(10(15)13-8(5)12)9-6-7(20-22(16,17)21-24)11(4-23,19-9)3-18-6/h2,6-7,9,23-24H,3-4H2,1H3,(H,16,17)(H2,12,13,15)/t6?,7?,9-,11-/m1/s1. The molecule has 2 aliphatic heterocycles. The van der Waals surface area contributed by atoms with Gasteiger partial charge in [-0.05, 0) is 19.8 Å². The Morgan fingerprint density at radius 3 is 3.00 bits per heavy atom. The van der Waals surface area contributed by atoms with Gasteiger partial charge >= 0.3 is 13.5 Å². The number of aromatic nitrogens is 2. The summed E-state index contributed by atoms with van der Waals surface area (Å²) >= 11 is 7.55. The molecule has 2 fully saturated rings. The zero-order valence-corrected chi connectivity index (χ0v) is 15.1. The molecule has 0 saturated carbocycles. The molecule has 3 rings (SSSR count). The maximum Gasteiger partial charge on any atom is 0.483 e. The summed E-state index contributed by atoms with van der Waals surface area (Å²) in [5.74, 6) is 0.244. The number of hydrogen-bond donors (Lipinski definition) is 4. The van der Waals surface area contributed by atoms with Crippen molar-refractivity contribution in [3.8, 4) is 0 Å². The van der Waals surface area contributed by atoms with Gasteiger partial charge in [0.15, 0.2) is 6.23 Å². The van der Waals surface area contributed by atoms with Crippen LogP contribution in [-0.2, 0) is 22.5 Å². The van der Waals surface area contributed by atoms with Crippen molar-refractivity contribution in [3.63, 3.8) is 0 Å². The number of nitrogens with zero attached hydrogens (tertiary/aromatic N) is 2. The van der Waals surface area contributed by atoms with E-state index in [-0.39, 0.29) is 18.2 Å². The highest BCUT2D eigenvalue weighted by atomic mass is 32.1. The maximum absolute atomic E-state index is 12.1. The van der Waals surface area contributed by atoms with Gasteiger partial charge in [0, 0.05) is 17.5 Å². The fraction of sp³-hybridized carbons (Fsp3) is 0.636. The summed E-state index contributed by atoms with van der Waals surface area (Å²) < 4.78 is 33.7. The lowest BCUT2D eigenvalue weighted by Gasteiger charge is -2.30. The largest absolute Gasteiger partial charge is 0.483 e. The lowest BCUT2D eigenvalue weighted by molar-refractivity contribution is -0.165. The molecule has 3 N–H and O–H groups in total. The molecular formula is C11H16N3O7PS2. The predicted molar refractivity (Wildman–Crippen MR) is 88.9 cm³/mol. The summed E-state index contributed by atoms with van der Waals surface area (Å²) in [7, 11) is -4.41. The van der Waals surface area contributed by atoms with Crippen LogP contribution in [0.1, 0.15) is 11.8 Å². The minimum atomic E-state index is -4.41. The average Bonchev–Trinajstić information content (AvgIpc) is 3.03. The number of ether oxygens (including phenoxy) is 2. The molecule has 2 bridgehead atoms. The van der Waals surface area contributed by atoms with Gasteiger partial charge in [0.25, 0.3) is 0 Å². The normalized spacial score (nSPS) is 34.4. The zero-order valence-electron chi connectivity index (χ0n) is 12.4. The Labute approximate surface area is 147 Å². The van der Waals surface area contributed by atoms with Crippen LogP contribution < -0.4 is 11.4 Å². The van der Waals surface area contributed by atoms with Crippen molar-refractivity contribution in [1.29, 1.82) is 0 Å². The second-order valence-electron chi connectivity index (χ2n) is 5.58. The molecule has 5 atom stereocenters. The summed E-state index contributed by atoms with van der Waals surface area (Å²) in [5, 5.41) is 0. The smallest absolute Gasteiger partial charge is 0.383 e. The van der Waals surface area contributed by atoms with Gasteiger partial charge in [0.1, 0.15) is 23.6 Å². The Bertz CT molecular complexity index is 762. The SMILES string of the molecule is Cc1cn([C@@H]2O[C@@]3(CS)COC2C3OP(=O)(O)OS)c(=O)nc1N. The van der Waals surface area contributed by atoms with Crippen molar-refractivity contribution in [3.05, 3.63) is 22.2 Å². The topological polar surface area (TPSA) is 135 Å². The number of thiol groups is 2. The summed E-state index contributed by atoms with van der Waals surface area (Å²) in [6.07, 6.45) is -1.23. The van der Waals surface area contributed by atoms with Gasteiger partial charge in [-0.15, -0.1) is 0 Å². The van der Waals surface area contributed by atoms with Crippen LogP contribution >= 0.6 is 33.4 Å². The molecule has 3 heterocycles. The molecule has 3 unspecified atom stereocenters. The molecule has 2 aliphatic rings. The molecule has 0 aliphatic carbocycles. The number of fused-ring (bicyclic) bond motifs is 2. The Balaban J connectivity index is 1.98. The molecule has 1 aromatic rings. The molecule has 0 spiro atoms. The highest BCUT2D eigenvalue weighted by Crippen LogP contribution is 2.55. The van der Waals surface area contributed by atoms with Crippen LogP contribution in [0.3, 0.4) is 0 Å². The van der Waals surface area contributed by atoms with Gasteiger partial charge in [0.05, 0.1) is 6.61 Å². The minimum Gasteiger partial charge on any atom is -0.383 e. The van der Waals surface area contributed by atoms with Crippen LogP contribution in [0.25, 0.3) is 0 Å². The van der Waals surface area contributed by atoms with Gasteiger partial charge in [-0.1, -0.05) is 0 Å². The lowest BCUT2D eigenvalue weighted by Crippen LogP contribution is -2.43. The molecule has 1 aromatic heterocycles. The third-order valence-corrected chi connectivity index (χ3v) is 5.89. The highest BCUT2D eigenvalue weighted by Gasteiger charge is 2.64. The molecule has 24 heavy (non-hydrogen) atoms. The fourth-order valence-corrected chi connectivity index (χ4v) is 3.91. The van der Waals surface area contributed by atoms with E-state index >= 15 is 0 Å². The van der Waals surface area contributed by atoms with Crippen LogP contribution in [0.5, 0.6) is 0 Å². The van der Waals surface area contributed by atoms with E-state index in [9.17, 15) is 14.3 Å². The molecule has 10 nitrogen and oxygen atoms in total. The summed E-state index contributed by atoms with van der Waals surface area (Å²) in [5.41, 5.74) is 4.44. The fourth-order valence-electron chi connectivity index (χ4n) is 2.81. The third-order valence-electron chi connectivity index (χ3n) is 4.04. The number of hydrogen-bond acceptors (Lipinski definition) is 10. The minimum absolute atomic E-state index is 0.0883. The van der Waals surface area contributed by atoms with Crippen molar-refractivity contribution in [1.82, 2.24) is 9.55 Å². The summed E-state index contributed by atoms with van der Waals surface area (Å²) in [6, 6.07) is 0. The van der Waals surface area contributed by atoms with Crippen molar-refractivity contribution >= 4 is 39.2 Å². The van der Waals surface area contributed by atoms with Crippen LogP contribution in [-0.4, -0.2) is 44.6 Å². The second kappa shape index (κ2) is 6.29. The van der Waals surface area contributed by atoms with E-state index in [0.717, 1.165) is 0 Å². The van der Waals surface area contributed by atoms with E-state index in [0.29, 0.717) is 5.56 Å². The van der Waals surface area contributed by atoms with E-state index in [1.54, 1.807) is 6.92 Å². The average molecular weight is 397 g/mol. The van der Waals surface area contributed by atoms with Gasteiger partial charge < -0.3 is 20.1 Å². The zero-order chi connectivity index (χ0) is 17.7. The summed E-state index contributed by atoms with van der Waals surface area (Å²) in [4.78, 5) is 25.4. The Morgan fingerprint density at radius 1 is 1.67 bits per heavy atom. The summed E-state index contributed by atoms with van der Waals surface area (Å²) in [6.45, 7) is 1.77. The Morgan fingerprint density at radius 2 is 2.38 bits per heavy atom. The predicted octanol–water partition coefficient (Wildman–Crippen LogP) is 0.0771. The quantitative estimate of drug-likeness (QED) is 0.309. The Kier molecular flexibility index (Phi) is 4.77. The highest BCUT2D eigenvalue weighted by molar-refractivity contribution is 7.80. The lowest BCUT2D eigenvalue weighted by atomic mass is 10.0. The van der Waals surface area contributed by atoms with Crippen LogP contribution in [0.15, 0.2) is 11.0 Å². The third kappa shape index (κ3) is 2.90. The van der Waals surface area contributed by atoms with E-state index in [2.05, 4.69) is 34.5 Å². The van der Waals surface area contributed by atoms with Gasteiger partial charge in [-0.3, -0.25) is 9.09 Å². The number of anilines is 1. The first kappa shape index (κ1) is 18.2. The van der Waals surface area contributed by atoms with Gasteiger partial charge in [0.2, 0.25) is 0 Å². The first-order chi connectivity index (χ1) is 11.2. The number of rotatable bonds is 5. The number of nitrogen functional groups attached to an aromatic ring is 1. The molecule has 134 valence electrons. The number of phosphoric ester groups is 1. The van der Waals surface area contributed by atoms with Gasteiger partial charge in [-0.2, -0.15) is 17.6 Å². The molecule has 0 radical (unpaired) electrons.